The monoisotopic (exact) mass is 316 g/mol. The zero-order valence-corrected chi connectivity index (χ0v) is 11.7. The lowest BCUT2D eigenvalue weighted by atomic mass is 10.2. The Morgan fingerprint density at radius 3 is 2.43 bits per heavy atom. The SMILES string of the molecule is Cc1ccc(Cl)c(Nc2cc(C(F)(F)F)cc(NN)n2)c1. The Morgan fingerprint density at radius 1 is 1.14 bits per heavy atom. The van der Waals surface area contributed by atoms with Gasteiger partial charge < -0.3 is 10.7 Å². The van der Waals surface area contributed by atoms with E-state index < -0.39 is 11.7 Å². The summed E-state index contributed by atoms with van der Waals surface area (Å²) in [7, 11) is 0. The number of aromatic nitrogens is 1. The second-order valence-corrected chi connectivity index (χ2v) is 4.78. The number of alkyl halides is 3. The highest BCUT2D eigenvalue weighted by atomic mass is 35.5. The van der Waals surface area contributed by atoms with E-state index in [1.54, 1.807) is 18.2 Å². The molecule has 1 aromatic carbocycles. The van der Waals surface area contributed by atoms with Gasteiger partial charge in [-0.2, -0.15) is 13.2 Å². The van der Waals surface area contributed by atoms with E-state index in [0.29, 0.717) is 10.7 Å². The predicted octanol–water partition coefficient (Wildman–Crippen LogP) is 4.09. The fraction of sp³-hybridized carbons (Fsp3) is 0.154. The third-order valence-electron chi connectivity index (χ3n) is 2.69. The third kappa shape index (κ3) is 3.77. The molecule has 0 fully saturated rings. The highest BCUT2D eigenvalue weighted by Gasteiger charge is 2.31. The number of anilines is 3. The van der Waals surface area contributed by atoms with Crippen LogP contribution in [0.25, 0.3) is 0 Å². The zero-order valence-electron chi connectivity index (χ0n) is 10.9. The average molecular weight is 317 g/mol. The molecule has 1 heterocycles. The first-order chi connectivity index (χ1) is 9.79. The molecular formula is C13H12ClF3N4. The van der Waals surface area contributed by atoms with Gasteiger partial charge in [0.25, 0.3) is 0 Å². The Kier molecular flexibility index (Phi) is 4.24. The van der Waals surface area contributed by atoms with E-state index in [-0.39, 0.29) is 11.6 Å². The minimum atomic E-state index is -4.50. The number of nitrogen functional groups attached to an aromatic ring is 1. The fourth-order valence-electron chi connectivity index (χ4n) is 1.71. The minimum Gasteiger partial charge on any atom is -0.339 e. The van der Waals surface area contributed by atoms with Crippen LogP contribution in [0.2, 0.25) is 5.02 Å². The first-order valence-electron chi connectivity index (χ1n) is 5.88. The van der Waals surface area contributed by atoms with Gasteiger partial charge in [-0.05, 0) is 36.8 Å². The molecular weight excluding hydrogens is 305 g/mol. The molecule has 0 aliphatic rings. The van der Waals surface area contributed by atoms with Gasteiger partial charge in [0.1, 0.15) is 11.6 Å². The van der Waals surface area contributed by atoms with E-state index in [1.165, 1.54) is 0 Å². The molecule has 4 nitrogen and oxygen atoms in total. The van der Waals surface area contributed by atoms with E-state index in [2.05, 4.69) is 15.7 Å². The molecule has 21 heavy (non-hydrogen) atoms. The number of aryl methyl sites for hydroxylation is 1. The van der Waals surface area contributed by atoms with Crippen molar-refractivity contribution >= 4 is 28.9 Å². The molecule has 0 spiro atoms. The number of rotatable bonds is 3. The van der Waals surface area contributed by atoms with Gasteiger partial charge in [-0.25, -0.2) is 10.8 Å². The Balaban J connectivity index is 2.42. The van der Waals surface area contributed by atoms with E-state index in [9.17, 15) is 13.2 Å². The molecule has 2 aromatic rings. The molecule has 0 amide bonds. The molecule has 0 saturated heterocycles. The van der Waals surface area contributed by atoms with Crippen LogP contribution in [0.1, 0.15) is 11.1 Å². The van der Waals surface area contributed by atoms with Gasteiger partial charge in [0.2, 0.25) is 0 Å². The van der Waals surface area contributed by atoms with Crippen LogP contribution < -0.4 is 16.6 Å². The third-order valence-corrected chi connectivity index (χ3v) is 3.01. The minimum absolute atomic E-state index is 0.00900. The number of benzene rings is 1. The molecule has 1 aromatic heterocycles. The Morgan fingerprint density at radius 2 is 1.81 bits per heavy atom. The Bertz CT molecular complexity index is 658. The van der Waals surface area contributed by atoms with Gasteiger partial charge in [0, 0.05) is 0 Å². The lowest BCUT2D eigenvalue weighted by Gasteiger charge is -2.13. The summed E-state index contributed by atoms with van der Waals surface area (Å²) in [6.45, 7) is 1.84. The first kappa shape index (κ1) is 15.4. The molecule has 0 bridgehead atoms. The maximum Gasteiger partial charge on any atom is 0.416 e. The Labute approximate surface area is 124 Å². The van der Waals surface area contributed by atoms with Crippen LogP contribution in [0.5, 0.6) is 0 Å². The molecule has 0 aliphatic heterocycles. The van der Waals surface area contributed by atoms with Gasteiger partial charge in [0.05, 0.1) is 16.3 Å². The Hall–Kier alpha value is -1.99. The van der Waals surface area contributed by atoms with Crippen LogP contribution in [0.4, 0.5) is 30.5 Å². The summed E-state index contributed by atoms with van der Waals surface area (Å²) in [6.07, 6.45) is -4.50. The lowest BCUT2D eigenvalue weighted by Crippen LogP contribution is -2.13. The van der Waals surface area contributed by atoms with Crippen LogP contribution in [0.3, 0.4) is 0 Å². The average Bonchev–Trinajstić information content (AvgIpc) is 2.41. The van der Waals surface area contributed by atoms with Crippen molar-refractivity contribution in [2.75, 3.05) is 10.7 Å². The van der Waals surface area contributed by atoms with Crippen molar-refractivity contribution in [3.8, 4) is 0 Å². The van der Waals surface area contributed by atoms with Gasteiger partial charge in [-0.3, -0.25) is 0 Å². The van der Waals surface area contributed by atoms with E-state index in [1.807, 2.05) is 6.92 Å². The summed E-state index contributed by atoms with van der Waals surface area (Å²) in [5.41, 5.74) is 2.62. The predicted molar refractivity (Wildman–Crippen MR) is 76.5 cm³/mol. The molecule has 0 unspecified atom stereocenters. The fourth-order valence-corrected chi connectivity index (χ4v) is 1.87. The number of halogens is 4. The molecule has 4 N–H and O–H groups in total. The summed E-state index contributed by atoms with van der Waals surface area (Å²) >= 11 is 6.00. The van der Waals surface area contributed by atoms with Crippen molar-refractivity contribution in [2.45, 2.75) is 13.1 Å². The standard InChI is InChI=1S/C13H12ClF3N4/c1-7-2-3-9(14)10(4-7)19-11-5-8(13(15,16)17)6-12(20-11)21-18/h2-6H,18H2,1H3,(H2,19,20,21). The summed E-state index contributed by atoms with van der Waals surface area (Å²) in [4.78, 5) is 3.93. The van der Waals surface area contributed by atoms with Crippen molar-refractivity contribution in [1.82, 2.24) is 4.98 Å². The van der Waals surface area contributed by atoms with E-state index >= 15 is 0 Å². The van der Waals surface area contributed by atoms with Gasteiger partial charge >= 0.3 is 6.18 Å². The van der Waals surface area contributed by atoms with Crippen molar-refractivity contribution in [2.24, 2.45) is 5.84 Å². The summed E-state index contributed by atoms with van der Waals surface area (Å²) in [5, 5.41) is 3.14. The highest BCUT2D eigenvalue weighted by molar-refractivity contribution is 6.33. The van der Waals surface area contributed by atoms with Gasteiger partial charge in [0.15, 0.2) is 0 Å². The van der Waals surface area contributed by atoms with Crippen LogP contribution in [0, 0.1) is 6.92 Å². The van der Waals surface area contributed by atoms with E-state index in [0.717, 1.165) is 17.7 Å². The second-order valence-electron chi connectivity index (χ2n) is 4.38. The molecule has 0 saturated carbocycles. The summed E-state index contributed by atoms with van der Waals surface area (Å²) < 4.78 is 38.4. The largest absolute Gasteiger partial charge is 0.416 e. The maximum atomic E-state index is 12.8. The summed E-state index contributed by atoms with van der Waals surface area (Å²) in [5.74, 6) is 5.03. The molecule has 8 heteroatoms. The number of nitrogens with two attached hydrogens (primary N) is 1. The number of pyridine rings is 1. The van der Waals surface area contributed by atoms with Gasteiger partial charge in [-0.1, -0.05) is 17.7 Å². The van der Waals surface area contributed by atoms with Crippen molar-refractivity contribution in [1.29, 1.82) is 0 Å². The molecule has 2 rings (SSSR count). The van der Waals surface area contributed by atoms with Gasteiger partial charge in [-0.15, -0.1) is 0 Å². The summed E-state index contributed by atoms with van der Waals surface area (Å²) in [6, 6.07) is 6.86. The normalized spacial score (nSPS) is 11.3. The van der Waals surface area contributed by atoms with Crippen molar-refractivity contribution in [3.05, 3.63) is 46.5 Å². The topological polar surface area (TPSA) is 63.0 Å². The maximum absolute atomic E-state index is 12.8. The van der Waals surface area contributed by atoms with Crippen LogP contribution in [-0.4, -0.2) is 4.98 Å². The zero-order chi connectivity index (χ0) is 15.6. The number of hydrazine groups is 1. The first-order valence-corrected chi connectivity index (χ1v) is 6.26. The lowest BCUT2D eigenvalue weighted by molar-refractivity contribution is -0.137. The number of hydrogen-bond donors (Lipinski definition) is 3. The quantitative estimate of drug-likeness (QED) is 0.589. The van der Waals surface area contributed by atoms with Crippen LogP contribution >= 0.6 is 11.6 Å². The molecule has 0 radical (unpaired) electrons. The van der Waals surface area contributed by atoms with E-state index in [4.69, 9.17) is 17.4 Å². The molecule has 112 valence electrons. The number of nitrogens with zero attached hydrogens (tertiary/aromatic N) is 1. The number of nitrogens with one attached hydrogen (secondary N) is 2. The van der Waals surface area contributed by atoms with Crippen LogP contribution in [-0.2, 0) is 6.18 Å². The molecule has 0 atom stereocenters. The van der Waals surface area contributed by atoms with Crippen molar-refractivity contribution in [3.63, 3.8) is 0 Å². The highest BCUT2D eigenvalue weighted by Crippen LogP contribution is 2.33. The smallest absolute Gasteiger partial charge is 0.339 e. The van der Waals surface area contributed by atoms with Crippen molar-refractivity contribution < 1.29 is 13.2 Å². The van der Waals surface area contributed by atoms with Crippen LogP contribution in [0.15, 0.2) is 30.3 Å². The number of hydrogen-bond acceptors (Lipinski definition) is 4. The molecule has 0 aliphatic carbocycles. The second kappa shape index (κ2) is 5.79.